The van der Waals surface area contributed by atoms with Crippen molar-refractivity contribution in [2.75, 3.05) is 0 Å². The maximum absolute atomic E-state index is 5.71. The molecule has 1 atom stereocenters. The minimum atomic E-state index is 0.203. The zero-order valence-corrected chi connectivity index (χ0v) is 12.3. The van der Waals surface area contributed by atoms with Crippen LogP contribution in [-0.2, 0) is 6.54 Å². The summed E-state index contributed by atoms with van der Waals surface area (Å²) < 4.78 is 5.71. The molecule has 0 bridgehead atoms. The molecule has 0 aliphatic carbocycles. The van der Waals surface area contributed by atoms with E-state index in [0.717, 1.165) is 12.3 Å². The Balaban J connectivity index is 1.94. The van der Waals surface area contributed by atoms with E-state index in [1.165, 1.54) is 11.1 Å². The summed E-state index contributed by atoms with van der Waals surface area (Å²) in [6.07, 6.45) is 3.85. The van der Waals surface area contributed by atoms with E-state index in [1.807, 2.05) is 50.5 Å². The van der Waals surface area contributed by atoms with E-state index in [4.69, 9.17) is 4.74 Å². The SMILES string of the molecule is CC(C)Oc1cccc(CNC(C)c2ccncc2)c1. The van der Waals surface area contributed by atoms with Gasteiger partial charge in [0.15, 0.2) is 0 Å². The first-order chi connectivity index (χ1) is 9.65. The van der Waals surface area contributed by atoms with Crippen LogP contribution in [0.4, 0.5) is 0 Å². The van der Waals surface area contributed by atoms with Crippen LogP contribution in [0.5, 0.6) is 5.75 Å². The number of ether oxygens (including phenoxy) is 1. The maximum atomic E-state index is 5.71. The number of nitrogens with zero attached hydrogens (tertiary/aromatic N) is 1. The molecule has 20 heavy (non-hydrogen) atoms. The van der Waals surface area contributed by atoms with E-state index >= 15 is 0 Å². The van der Waals surface area contributed by atoms with Crippen LogP contribution in [0, 0.1) is 0 Å². The van der Waals surface area contributed by atoms with E-state index in [-0.39, 0.29) is 6.10 Å². The van der Waals surface area contributed by atoms with Gasteiger partial charge in [0.25, 0.3) is 0 Å². The third-order valence-corrected chi connectivity index (χ3v) is 3.09. The Morgan fingerprint density at radius 1 is 1.10 bits per heavy atom. The second-order valence-corrected chi connectivity index (χ2v) is 5.20. The molecule has 0 radical (unpaired) electrons. The molecule has 0 aliphatic rings. The topological polar surface area (TPSA) is 34.1 Å². The number of nitrogens with one attached hydrogen (secondary N) is 1. The second-order valence-electron chi connectivity index (χ2n) is 5.20. The first-order valence-corrected chi connectivity index (χ1v) is 7.04. The van der Waals surface area contributed by atoms with Crippen molar-refractivity contribution in [1.82, 2.24) is 10.3 Å². The largest absolute Gasteiger partial charge is 0.491 e. The van der Waals surface area contributed by atoms with E-state index < -0.39 is 0 Å². The van der Waals surface area contributed by atoms with Gasteiger partial charge in [-0.1, -0.05) is 12.1 Å². The fourth-order valence-corrected chi connectivity index (χ4v) is 2.04. The van der Waals surface area contributed by atoms with Crippen LogP contribution in [-0.4, -0.2) is 11.1 Å². The Kier molecular flexibility index (Phi) is 5.13. The minimum absolute atomic E-state index is 0.203. The minimum Gasteiger partial charge on any atom is -0.491 e. The molecule has 0 saturated carbocycles. The molecule has 0 amide bonds. The lowest BCUT2D eigenvalue weighted by atomic mass is 10.1. The van der Waals surface area contributed by atoms with E-state index in [0.29, 0.717) is 6.04 Å². The molecule has 0 spiro atoms. The summed E-state index contributed by atoms with van der Waals surface area (Å²) in [5, 5.41) is 3.51. The van der Waals surface area contributed by atoms with Crippen molar-refractivity contribution in [1.29, 1.82) is 0 Å². The smallest absolute Gasteiger partial charge is 0.120 e. The van der Waals surface area contributed by atoms with E-state index in [2.05, 4.69) is 29.4 Å². The molecule has 2 rings (SSSR count). The third-order valence-electron chi connectivity index (χ3n) is 3.09. The van der Waals surface area contributed by atoms with Gasteiger partial charge >= 0.3 is 0 Å². The van der Waals surface area contributed by atoms with Crippen molar-refractivity contribution in [3.8, 4) is 5.75 Å². The van der Waals surface area contributed by atoms with Crippen molar-refractivity contribution in [3.63, 3.8) is 0 Å². The molecule has 3 nitrogen and oxygen atoms in total. The van der Waals surface area contributed by atoms with Crippen molar-refractivity contribution in [2.45, 2.75) is 39.5 Å². The van der Waals surface area contributed by atoms with Gasteiger partial charge in [0.2, 0.25) is 0 Å². The second kappa shape index (κ2) is 7.06. The number of benzene rings is 1. The highest BCUT2D eigenvalue weighted by Gasteiger charge is 2.05. The molecule has 1 unspecified atom stereocenters. The highest BCUT2D eigenvalue weighted by atomic mass is 16.5. The lowest BCUT2D eigenvalue weighted by molar-refractivity contribution is 0.242. The predicted molar refractivity (Wildman–Crippen MR) is 81.7 cm³/mol. The fraction of sp³-hybridized carbons (Fsp3) is 0.353. The monoisotopic (exact) mass is 270 g/mol. The van der Waals surface area contributed by atoms with E-state index in [9.17, 15) is 0 Å². The lowest BCUT2D eigenvalue weighted by Crippen LogP contribution is -2.18. The molecule has 1 N–H and O–H groups in total. The van der Waals surface area contributed by atoms with Gasteiger partial charge in [-0.25, -0.2) is 0 Å². The molecule has 1 aromatic heterocycles. The molecule has 3 heteroatoms. The molecule has 1 heterocycles. The van der Waals surface area contributed by atoms with Crippen molar-refractivity contribution < 1.29 is 4.74 Å². The summed E-state index contributed by atoms with van der Waals surface area (Å²) in [4.78, 5) is 4.04. The van der Waals surface area contributed by atoms with Gasteiger partial charge in [-0.2, -0.15) is 0 Å². The average Bonchev–Trinajstić information content (AvgIpc) is 2.45. The summed E-state index contributed by atoms with van der Waals surface area (Å²) in [5.74, 6) is 0.927. The molecular formula is C17H22N2O. The molecule has 2 aromatic rings. The molecule has 1 aromatic carbocycles. The molecule has 106 valence electrons. The van der Waals surface area contributed by atoms with Gasteiger partial charge in [-0.15, -0.1) is 0 Å². The van der Waals surface area contributed by atoms with E-state index in [1.54, 1.807) is 0 Å². The summed E-state index contributed by atoms with van der Waals surface area (Å²) in [6.45, 7) is 7.05. The predicted octanol–water partition coefficient (Wildman–Crippen LogP) is 3.72. The first-order valence-electron chi connectivity index (χ1n) is 7.04. The average molecular weight is 270 g/mol. The molecule has 0 fully saturated rings. The fourth-order valence-electron chi connectivity index (χ4n) is 2.04. The summed E-state index contributed by atoms with van der Waals surface area (Å²) >= 11 is 0. The molecule has 0 saturated heterocycles. The van der Waals surface area contributed by atoms with Crippen molar-refractivity contribution in [3.05, 3.63) is 59.9 Å². The Labute approximate surface area is 121 Å². The van der Waals surface area contributed by atoms with Crippen LogP contribution in [0.3, 0.4) is 0 Å². The number of rotatable bonds is 6. The summed E-state index contributed by atoms with van der Waals surface area (Å²) in [6, 6.07) is 12.6. The van der Waals surface area contributed by atoms with Crippen LogP contribution >= 0.6 is 0 Å². The number of aromatic nitrogens is 1. The number of hydrogen-bond acceptors (Lipinski definition) is 3. The van der Waals surface area contributed by atoms with Gasteiger partial charge in [-0.05, 0) is 56.2 Å². The van der Waals surface area contributed by atoms with Crippen LogP contribution < -0.4 is 10.1 Å². The van der Waals surface area contributed by atoms with Crippen molar-refractivity contribution in [2.24, 2.45) is 0 Å². The Bertz CT molecular complexity index is 526. The van der Waals surface area contributed by atoms with Gasteiger partial charge in [0.05, 0.1) is 6.10 Å². The summed E-state index contributed by atoms with van der Waals surface area (Å²) in [5.41, 5.74) is 2.47. The Morgan fingerprint density at radius 2 is 1.85 bits per heavy atom. The first kappa shape index (κ1) is 14.5. The standard InChI is InChI=1S/C17H22N2O/c1-13(2)20-17-6-4-5-15(11-17)12-19-14(3)16-7-9-18-10-8-16/h4-11,13-14,19H,12H2,1-3H3. The van der Waals surface area contributed by atoms with Crippen LogP contribution in [0.15, 0.2) is 48.8 Å². The quantitative estimate of drug-likeness (QED) is 0.868. The molecular weight excluding hydrogens is 248 g/mol. The Morgan fingerprint density at radius 3 is 2.55 bits per heavy atom. The van der Waals surface area contributed by atoms with Crippen LogP contribution in [0.25, 0.3) is 0 Å². The normalized spacial score (nSPS) is 12.4. The maximum Gasteiger partial charge on any atom is 0.120 e. The van der Waals surface area contributed by atoms with Gasteiger partial charge in [0.1, 0.15) is 5.75 Å². The van der Waals surface area contributed by atoms with Crippen LogP contribution in [0.2, 0.25) is 0 Å². The third kappa shape index (κ3) is 4.35. The highest BCUT2D eigenvalue weighted by Crippen LogP contribution is 2.16. The molecule has 0 aliphatic heterocycles. The van der Waals surface area contributed by atoms with Crippen molar-refractivity contribution >= 4 is 0 Å². The van der Waals surface area contributed by atoms with Gasteiger partial charge in [0, 0.05) is 25.0 Å². The number of pyridine rings is 1. The number of hydrogen-bond donors (Lipinski definition) is 1. The van der Waals surface area contributed by atoms with Crippen LogP contribution in [0.1, 0.15) is 37.9 Å². The van der Waals surface area contributed by atoms with Gasteiger partial charge < -0.3 is 10.1 Å². The summed E-state index contributed by atoms with van der Waals surface area (Å²) in [7, 11) is 0. The lowest BCUT2D eigenvalue weighted by Gasteiger charge is -2.15. The zero-order chi connectivity index (χ0) is 14.4. The zero-order valence-electron chi connectivity index (χ0n) is 12.3. The highest BCUT2D eigenvalue weighted by molar-refractivity contribution is 5.28. The Hall–Kier alpha value is -1.87. The van der Waals surface area contributed by atoms with Gasteiger partial charge in [-0.3, -0.25) is 4.98 Å².